The van der Waals surface area contributed by atoms with Crippen molar-refractivity contribution >= 4 is 17.3 Å². The topological polar surface area (TPSA) is 67.6 Å². The normalized spacial score (nSPS) is 23.1. The van der Waals surface area contributed by atoms with E-state index in [9.17, 15) is 4.79 Å². The zero-order valence-corrected chi connectivity index (χ0v) is 11.1. The summed E-state index contributed by atoms with van der Waals surface area (Å²) in [5, 5.41) is 2.83. The average Bonchev–Trinajstić information content (AvgIpc) is 2.74. The van der Waals surface area contributed by atoms with Crippen LogP contribution in [-0.2, 0) is 9.53 Å². The van der Waals surface area contributed by atoms with Crippen LogP contribution in [0.2, 0.25) is 0 Å². The lowest BCUT2D eigenvalue weighted by molar-refractivity contribution is -0.116. The maximum Gasteiger partial charge on any atom is 0.245 e. The number of benzene rings is 1. The monoisotopic (exact) mass is 261 g/mol. The summed E-state index contributed by atoms with van der Waals surface area (Å²) in [7, 11) is 2.09. The van der Waals surface area contributed by atoms with E-state index in [2.05, 4.69) is 17.3 Å². The molecule has 1 amide bonds. The molecule has 0 radical (unpaired) electrons. The molecule has 0 saturated carbocycles. The summed E-state index contributed by atoms with van der Waals surface area (Å²) in [6.07, 6.45) is 2.08. The van der Waals surface area contributed by atoms with Crippen molar-refractivity contribution in [2.45, 2.75) is 24.9 Å². The minimum Gasteiger partial charge on any atom is -0.381 e. The average molecular weight is 261 g/mol. The van der Waals surface area contributed by atoms with Crippen molar-refractivity contribution in [3.8, 4) is 0 Å². The number of fused-ring (bicyclic) bond motifs is 1. The van der Waals surface area contributed by atoms with Crippen LogP contribution in [0.1, 0.15) is 24.4 Å². The van der Waals surface area contributed by atoms with E-state index < -0.39 is 6.04 Å². The molecule has 1 unspecified atom stereocenters. The largest absolute Gasteiger partial charge is 0.381 e. The van der Waals surface area contributed by atoms with Crippen LogP contribution in [0.15, 0.2) is 18.2 Å². The van der Waals surface area contributed by atoms with Crippen molar-refractivity contribution in [3.63, 3.8) is 0 Å². The lowest BCUT2D eigenvalue weighted by Crippen LogP contribution is -2.36. The number of anilines is 2. The van der Waals surface area contributed by atoms with E-state index in [1.165, 1.54) is 0 Å². The van der Waals surface area contributed by atoms with Crippen LogP contribution < -0.4 is 16.0 Å². The number of carbonyl (C=O) groups is 1. The van der Waals surface area contributed by atoms with Crippen LogP contribution in [0.25, 0.3) is 0 Å². The Morgan fingerprint density at radius 3 is 2.84 bits per heavy atom. The quantitative estimate of drug-likeness (QED) is 0.841. The Hall–Kier alpha value is -1.59. The Bertz CT molecular complexity index is 497. The second-order valence-electron chi connectivity index (χ2n) is 5.19. The fourth-order valence-corrected chi connectivity index (χ4v) is 2.78. The highest BCUT2D eigenvalue weighted by Crippen LogP contribution is 2.33. The maximum absolute atomic E-state index is 11.5. The molecule has 3 N–H and O–H groups in total. The molecule has 0 aliphatic carbocycles. The number of amides is 1. The van der Waals surface area contributed by atoms with Gasteiger partial charge < -0.3 is 20.7 Å². The van der Waals surface area contributed by atoms with Gasteiger partial charge in [-0.15, -0.1) is 0 Å². The highest BCUT2D eigenvalue weighted by Gasteiger charge is 2.28. The van der Waals surface area contributed by atoms with Gasteiger partial charge in [0.05, 0.1) is 0 Å². The third kappa shape index (κ3) is 2.19. The predicted molar refractivity (Wildman–Crippen MR) is 74.2 cm³/mol. The molecule has 3 rings (SSSR count). The minimum absolute atomic E-state index is 0.124. The minimum atomic E-state index is -0.530. The Morgan fingerprint density at radius 1 is 1.37 bits per heavy atom. The zero-order valence-electron chi connectivity index (χ0n) is 11.1. The number of nitrogens with one attached hydrogen (secondary N) is 1. The van der Waals surface area contributed by atoms with Crippen LogP contribution in [0.3, 0.4) is 0 Å². The molecular formula is C14H19N3O2. The van der Waals surface area contributed by atoms with Gasteiger partial charge in [-0.05, 0) is 25.0 Å². The first-order valence-corrected chi connectivity index (χ1v) is 6.68. The highest BCUT2D eigenvalue weighted by molar-refractivity contribution is 6.02. The maximum atomic E-state index is 11.5. The van der Waals surface area contributed by atoms with Crippen LogP contribution in [0.5, 0.6) is 0 Å². The SMILES string of the molecule is CN(c1ccc2c(c1)NC(=O)C2N)C1CCOCC1. The molecule has 1 atom stereocenters. The Morgan fingerprint density at radius 2 is 2.11 bits per heavy atom. The lowest BCUT2D eigenvalue weighted by atomic mass is 10.0. The van der Waals surface area contributed by atoms with E-state index in [-0.39, 0.29) is 5.91 Å². The third-order valence-corrected chi connectivity index (χ3v) is 4.06. The van der Waals surface area contributed by atoms with Gasteiger partial charge in [-0.1, -0.05) is 6.07 Å². The summed E-state index contributed by atoms with van der Waals surface area (Å²) in [5.41, 5.74) is 8.65. The Labute approximate surface area is 112 Å². The van der Waals surface area contributed by atoms with Crippen LogP contribution in [0, 0.1) is 0 Å². The summed E-state index contributed by atoms with van der Waals surface area (Å²) >= 11 is 0. The molecule has 1 fully saturated rings. The molecule has 0 bridgehead atoms. The second-order valence-corrected chi connectivity index (χ2v) is 5.19. The zero-order chi connectivity index (χ0) is 13.4. The predicted octanol–water partition coefficient (Wildman–Crippen LogP) is 1.25. The number of hydrogen-bond acceptors (Lipinski definition) is 4. The number of rotatable bonds is 2. The molecule has 1 aromatic carbocycles. The summed E-state index contributed by atoms with van der Waals surface area (Å²) in [6, 6.07) is 5.96. The van der Waals surface area contributed by atoms with Gasteiger partial charge in [0.25, 0.3) is 0 Å². The van der Waals surface area contributed by atoms with Gasteiger partial charge in [-0.2, -0.15) is 0 Å². The van der Waals surface area contributed by atoms with Crippen molar-refractivity contribution < 1.29 is 9.53 Å². The number of ether oxygens (including phenoxy) is 1. The number of carbonyl (C=O) groups excluding carboxylic acids is 1. The van der Waals surface area contributed by atoms with Crippen LogP contribution in [0.4, 0.5) is 11.4 Å². The van der Waals surface area contributed by atoms with Gasteiger partial charge in [0.15, 0.2) is 0 Å². The van der Waals surface area contributed by atoms with Gasteiger partial charge >= 0.3 is 0 Å². The molecule has 2 heterocycles. The first-order chi connectivity index (χ1) is 9.16. The number of hydrogen-bond donors (Lipinski definition) is 2. The molecule has 0 spiro atoms. The molecule has 5 heteroatoms. The first kappa shape index (κ1) is 12.4. The van der Waals surface area contributed by atoms with Crippen molar-refractivity contribution in [2.75, 3.05) is 30.5 Å². The van der Waals surface area contributed by atoms with Gasteiger partial charge in [-0.25, -0.2) is 0 Å². The number of nitrogens with two attached hydrogens (primary N) is 1. The fourth-order valence-electron chi connectivity index (χ4n) is 2.78. The Kier molecular flexibility index (Phi) is 3.16. The standard InChI is InChI=1S/C14H19N3O2/c1-17(9-4-6-19-7-5-9)10-2-3-11-12(8-10)16-14(18)13(11)15/h2-3,8-9,13H,4-7,15H2,1H3,(H,16,18). The molecule has 1 saturated heterocycles. The first-order valence-electron chi connectivity index (χ1n) is 6.68. The molecular weight excluding hydrogens is 242 g/mol. The van der Waals surface area contributed by atoms with Gasteiger partial charge in [0.1, 0.15) is 6.04 Å². The van der Waals surface area contributed by atoms with Gasteiger partial charge in [0, 0.05) is 43.2 Å². The van der Waals surface area contributed by atoms with E-state index >= 15 is 0 Å². The number of nitrogens with zero attached hydrogens (tertiary/aromatic N) is 1. The summed E-state index contributed by atoms with van der Waals surface area (Å²) in [5.74, 6) is -0.124. The Balaban J connectivity index is 1.82. The van der Waals surface area contributed by atoms with E-state index in [0.29, 0.717) is 6.04 Å². The van der Waals surface area contributed by atoms with Gasteiger partial charge in [0.2, 0.25) is 5.91 Å². The van der Waals surface area contributed by atoms with E-state index in [1.54, 1.807) is 0 Å². The summed E-state index contributed by atoms with van der Waals surface area (Å²) in [4.78, 5) is 13.8. The summed E-state index contributed by atoms with van der Waals surface area (Å²) in [6.45, 7) is 1.64. The molecule has 19 heavy (non-hydrogen) atoms. The molecule has 102 valence electrons. The van der Waals surface area contributed by atoms with Crippen LogP contribution >= 0.6 is 0 Å². The summed E-state index contributed by atoms with van der Waals surface area (Å²) < 4.78 is 5.39. The van der Waals surface area contributed by atoms with E-state index in [1.807, 2.05) is 18.2 Å². The van der Waals surface area contributed by atoms with Crippen molar-refractivity contribution in [1.29, 1.82) is 0 Å². The second kappa shape index (κ2) is 4.83. The van der Waals surface area contributed by atoms with Crippen molar-refractivity contribution in [2.24, 2.45) is 5.73 Å². The molecule has 2 aliphatic heterocycles. The third-order valence-electron chi connectivity index (χ3n) is 4.06. The lowest BCUT2D eigenvalue weighted by Gasteiger charge is -2.33. The molecule has 1 aromatic rings. The van der Waals surface area contributed by atoms with Crippen molar-refractivity contribution in [1.82, 2.24) is 0 Å². The van der Waals surface area contributed by atoms with Crippen LogP contribution in [-0.4, -0.2) is 32.2 Å². The van der Waals surface area contributed by atoms with E-state index in [4.69, 9.17) is 10.5 Å². The van der Waals surface area contributed by atoms with E-state index in [0.717, 1.165) is 43.0 Å². The molecule has 5 nitrogen and oxygen atoms in total. The van der Waals surface area contributed by atoms with Crippen molar-refractivity contribution in [3.05, 3.63) is 23.8 Å². The highest BCUT2D eigenvalue weighted by atomic mass is 16.5. The molecule has 2 aliphatic rings. The smallest absolute Gasteiger partial charge is 0.245 e. The van der Waals surface area contributed by atoms with Gasteiger partial charge in [-0.3, -0.25) is 4.79 Å². The molecule has 0 aromatic heterocycles. The fraction of sp³-hybridized carbons (Fsp3) is 0.500.